The molecule has 0 saturated heterocycles. The van der Waals surface area contributed by atoms with Gasteiger partial charge in [0.25, 0.3) is 0 Å². The lowest BCUT2D eigenvalue weighted by Gasteiger charge is -2.20. The number of carboxylic acid groups (broad SMARTS) is 1. The summed E-state index contributed by atoms with van der Waals surface area (Å²) in [5.41, 5.74) is 10.1. The van der Waals surface area contributed by atoms with Crippen LogP contribution in [0.5, 0.6) is 5.75 Å². The van der Waals surface area contributed by atoms with Gasteiger partial charge in [0, 0.05) is 25.7 Å². The minimum absolute atomic E-state index is 0.194. The number of nitrogens with one attached hydrogen (secondary N) is 1. The van der Waals surface area contributed by atoms with E-state index in [4.69, 9.17) is 15.6 Å². The quantitative estimate of drug-likeness (QED) is 0.278. The Morgan fingerprint density at radius 2 is 1.73 bits per heavy atom. The van der Waals surface area contributed by atoms with Gasteiger partial charge in [0.15, 0.2) is 0 Å². The van der Waals surface area contributed by atoms with E-state index in [0.717, 1.165) is 44.5 Å². The molecule has 0 heterocycles. The van der Waals surface area contributed by atoms with Crippen LogP contribution in [0, 0.1) is 6.92 Å². The van der Waals surface area contributed by atoms with Gasteiger partial charge in [0.2, 0.25) is 10.0 Å². The summed E-state index contributed by atoms with van der Waals surface area (Å²) in [4.78, 5) is 10.3. The number of hydrogen-bond donors (Lipinski definition) is 3. The largest absolute Gasteiger partial charge is 0.497 e. The Hall–Kier alpha value is -2.46. The molecule has 0 bridgehead atoms. The van der Waals surface area contributed by atoms with Crippen LogP contribution in [0.1, 0.15) is 56.2 Å². The third kappa shape index (κ3) is 14.2. The third-order valence-corrected chi connectivity index (χ3v) is 7.52. The molecule has 208 valence electrons. The Morgan fingerprint density at radius 3 is 2.32 bits per heavy atom. The standard InChI is InChI=1S/C19H26N2O.C9H19NO4S/c1-15-5-3-6-16(11-15)12-18(20)9-10-21-14-17-7-4-8-19(13-17)22-2;1-3-6-10(7-4-2)15(13,14)8-5-9(11)12/h3-8,11,13,18,21H,9-10,12,14,20H2,1-2H3;3-8H2,1-2H3,(H,11,12). The van der Waals surface area contributed by atoms with Crippen molar-refractivity contribution in [2.24, 2.45) is 5.73 Å². The maximum Gasteiger partial charge on any atom is 0.304 e. The summed E-state index contributed by atoms with van der Waals surface area (Å²) in [6.45, 7) is 8.61. The number of rotatable bonds is 16. The number of carboxylic acids is 1. The van der Waals surface area contributed by atoms with E-state index in [1.165, 1.54) is 21.0 Å². The number of ether oxygens (including phenoxy) is 1. The summed E-state index contributed by atoms with van der Waals surface area (Å²) in [6.07, 6.45) is 3.06. The lowest BCUT2D eigenvalue weighted by atomic mass is 10.0. The van der Waals surface area contributed by atoms with Crippen molar-refractivity contribution in [2.45, 2.75) is 65.5 Å². The molecule has 0 aliphatic carbocycles. The van der Waals surface area contributed by atoms with Crippen LogP contribution in [-0.4, -0.2) is 62.3 Å². The number of carbonyl (C=O) groups is 1. The molecule has 2 rings (SSSR count). The molecule has 4 N–H and O–H groups in total. The zero-order chi connectivity index (χ0) is 27.7. The fourth-order valence-electron chi connectivity index (χ4n) is 3.78. The summed E-state index contributed by atoms with van der Waals surface area (Å²) >= 11 is 0. The van der Waals surface area contributed by atoms with Crippen molar-refractivity contribution in [3.8, 4) is 5.75 Å². The highest BCUT2D eigenvalue weighted by molar-refractivity contribution is 7.89. The van der Waals surface area contributed by atoms with E-state index >= 15 is 0 Å². The normalized spacial score (nSPS) is 12.1. The van der Waals surface area contributed by atoms with Gasteiger partial charge in [-0.2, -0.15) is 0 Å². The Morgan fingerprint density at radius 1 is 1.08 bits per heavy atom. The minimum Gasteiger partial charge on any atom is -0.497 e. The van der Waals surface area contributed by atoms with Crippen LogP contribution >= 0.6 is 0 Å². The number of aliphatic carboxylic acids is 1. The molecule has 0 fully saturated rings. The van der Waals surface area contributed by atoms with Crippen LogP contribution in [0.15, 0.2) is 48.5 Å². The van der Waals surface area contributed by atoms with E-state index in [1.807, 2.05) is 26.0 Å². The fourth-order valence-corrected chi connectivity index (χ4v) is 5.39. The van der Waals surface area contributed by atoms with Crippen molar-refractivity contribution in [2.75, 3.05) is 32.5 Å². The monoisotopic (exact) mass is 535 g/mol. The molecular weight excluding hydrogens is 490 g/mol. The first-order valence-corrected chi connectivity index (χ1v) is 14.6. The first-order chi connectivity index (χ1) is 17.6. The number of benzene rings is 2. The molecule has 1 unspecified atom stereocenters. The predicted molar refractivity (Wildman–Crippen MR) is 150 cm³/mol. The Bertz CT molecular complexity index is 1020. The van der Waals surface area contributed by atoms with Gasteiger partial charge in [0.05, 0.1) is 19.3 Å². The van der Waals surface area contributed by atoms with Gasteiger partial charge in [-0.25, -0.2) is 12.7 Å². The molecular formula is C28H45N3O5S. The summed E-state index contributed by atoms with van der Waals surface area (Å²) < 4.78 is 30.0. The van der Waals surface area contributed by atoms with Crippen molar-refractivity contribution in [1.29, 1.82) is 0 Å². The second-order valence-electron chi connectivity index (χ2n) is 9.13. The van der Waals surface area contributed by atoms with Crippen LogP contribution in [0.4, 0.5) is 0 Å². The predicted octanol–water partition coefficient (Wildman–Crippen LogP) is 3.97. The molecule has 0 aliphatic rings. The van der Waals surface area contributed by atoms with Crippen molar-refractivity contribution in [3.05, 3.63) is 65.2 Å². The van der Waals surface area contributed by atoms with Gasteiger partial charge in [-0.15, -0.1) is 0 Å². The molecule has 0 aromatic heterocycles. The molecule has 0 radical (unpaired) electrons. The maximum atomic E-state index is 11.7. The molecule has 0 aliphatic heterocycles. The maximum absolute atomic E-state index is 11.7. The first-order valence-electron chi connectivity index (χ1n) is 13.0. The first kappa shape index (κ1) is 32.6. The third-order valence-electron chi connectivity index (χ3n) is 5.65. The van der Waals surface area contributed by atoms with Crippen LogP contribution in [0.3, 0.4) is 0 Å². The Kier molecular flexibility index (Phi) is 15.8. The number of sulfonamides is 1. The van der Waals surface area contributed by atoms with Gasteiger partial charge >= 0.3 is 5.97 Å². The van der Waals surface area contributed by atoms with Gasteiger partial charge < -0.3 is 20.9 Å². The van der Waals surface area contributed by atoms with E-state index in [-0.39, 0.29) is 18.2 Å². The van der Waals surface area contributed by atoms with E-state index < -0.39 is 16.0 Å². The zero-order valence-corrected chi connectivity index (χ0v) is 23.6. The number of hydrogen-bond acceptors (Lipinski definition) is 6. The van der Waals surface area contributed by atoms with Gasteiger partial charge in [-0.1, -0.05) is 55.8 Å². The zero-order valence-electron chi connectivity index (χ0n) is 22.8. The summed E-state index contributed by atoms with van der Waals surface area (Å²) in [7, 11) is -1.70. The smallest absolute Gasteiger partial charge is 0.304 e. The molecule has 2 aromatic rings. The average molecular weight is 536 g/mol. The summed E-state index contributed by atoms with van der Waals surface area (Å²) in [5, 5.41) is 11.9. The summed E-state index contributed by atoms with van der Waals surface area (Å²) in [5.74, 6) is -0.482. The fraction of sp³-hybridized carbons (Fsp3) is 0.536. The molecule has 1 atom stereocenters. The SMILES string of the molecule is CCCN(CCC)S(=O)(=O)CCC(=O)O.COc1cccc(CNCCC(N)Cc2cccc(C)c2)c1. The number of methoxy groups -OCH3 is 1. The van der Waals surface area contributed by atoms with E-state index in [0.29, 0.717) is 13.1 Å². The van der Waals surface area contributed by atoms with E-state index in [1.54, 1.807) is 7.11 Å². The second kappa shape index (κ2) is 17.9. The number of nitrogens with zero attached hydrogens (tertiary/aromatic N) is 1. The van der Waals surface area contributed by atoms with Crippen LogP contribution in [0.2, 0.25) is 0 Å². The molecule has 0 amide bonds. The number of nitrogens with two attached hydrogens (primary N) is 1. The molecule has 8 nitrogen and oxygen atoms in total. The topological polar surface area (TPSA) is 122 Å². The van der Waals surface area contributed by atoms with Gasteiger partial charge in [-0.05, 0) is 62.4 Å². The minimum atomic E-state index is -3.39. The second-order valence-corrected chi connectivity index (χ2v) is 11.2. The molecule has 2 aromatic carbocycles. The molecule has 37 heavy (non-hydrogen) atoms. The molecule has 9 heteroatoms. The van der Waals surface area contributed by atoms with Crippen molar-refractivity contribution in [3.63, 3.8) is 0 Å². The van der Waals surface area contributed by atoms with Gasteiger partial charge in [-0.3, -0.25) is 4.79 Å². The highest BCUT2D eigenvalue weighted by Gasteiger charge is 2.21. The molecule has 0 saturated carbocycles. The average Bonchev–Trinajstić information content (AvgIpc) is 2.86. The van der Waals surface area contributed by atoms with Crippen LogP contribution in [0.25, 0.3) is 0 Å². The summed E-state index contributed by atoms with van der Waals surface area (Å²) in [6, 6.07) is 16.9. The molecule has 0 spiro atoms. The van der Waals surface area contributed by atoms with Crippen molar-refractivity contribution >= 4 is 16.0 Å². The lowest BCUT2D eigenvalue weighted by molar-refractivity contribution is -0.136. The van der Waals surface area contributed by atoms with Crippen LogP contribution in [-0.2, 0) is 27.8 Å². The Labute approximate surface area is 223 Å². The number of aryl methyl sites for hydroxylation is 1. The van der Waals surface area contributed by atoms with E-state index in [2.05, 4.69) is 48.6 Å². The highest BCUT2D eigenvalue weighted by Crippen LogP contribution is 2.12. The van der Waals surface area contributed by atoms with Crippen LogP contribution < -0.4 is 15.8 Å². The Balaban J connectivity index is 0.000000401. The van der Waals surface area contributed by atoms with E-state index in [9.17, 15) is 13.2 Å². The van der Waals surface area contributed by atoms with Crippen molar-refractivity contribution < 1.29 is 23.1 Å². The van der Waals surface area contributed by atoms with Gasteiger partial charge in [0.1, 0.15) is 5.75 Å². The lowest BCUT2D eigenvalue weighted by Crippen LogP contribution is -2.35. The highest BCUT2D eigenvalue weighted by atomic mass is 32.2. The van der Waals surface area contributed by atoms with Crippen molar-refractivity contribution in [1.82, 2.24) is 9.62 Å².